The lowest BCUT2D eigenvalue weighted by molar-refractivity contribution is -0.116. The van der Waals surface area contributed by atoms with Crippen LogP contribution in [0.5, 0.6) is 0 Å². The fourth-order valence-electron chi connectivity index (χ4n) is 3.60. The summed E-state index contributed by atoms with van der Waals surface area (Å²) in [7, 11) is 1.99. The third-order valence-corrected chi connectivity index (χ3v) is 6.17. The Morgan fingerprint density at radius 3 is 2.38 bits per heavy atom. The number of benzene rings is 3. The predicted molar refractivity (Wildman–Crippen MR) is 120 cm³/mol. The summed E-state index contributed by atoms with van der Waals surface area (Å²) in [5.74, 6) is 1.85. The number of fused-ring (bicyclic) bond motifs is 3. The number of likely N-dealkylation sites (N-methyl/N-ethyl adjacent to an activating group) is 1. The van der Waals surface area contributed by atoms with E-state index in [4.69, 9.17) is 9.97 Å². The van der Waals surface area contributed by atoms with Crippen molar-refractivity contribution in [3.8, 4) is 0 Å². The van der Waals surface area contributed by atoms with E-state index in [2.05, 4.69) is 35.2 Å². The van der Waals surface area contributed by atoms with Crippen LogP contribution in [0.15, 0.2) is 71.6 Å². The maximum absolute atomic E-state index is 13.1. The van der Waals surface area contributed by atoms with E-state index in [0.29, 0.717) is 18.1 Å². The van der Waals surface area contributed by atoms with Gasteiger partial charge in [-0.3, -0.25) is 9.69 Å². The van der Waals surface area contributed by atoms with Gasteiger partial charge in [-0.15, -0.1) is 11.8 Å². The molecule has 5 rings (SSSR count). The van der Waals surface area contributed by atoms with Gasteiger partial charge in [-0.1, -0.05) is 42.5 Å². The first kappa shape index (κ1) is 17.9. The number of hydrogen-bond donors (Lipinski definition) is 0. The van der Waals surface area contributed by atoms with Crippen molar-refractivity contribution in [1.29, 1.82) is 0 Å². The molecule has 144 valence electrons. The summed E-state index contributed by atoms with van der Waals surface area (Å²) < 4.78 is 0. The van der Waals surface area contributed by atoms with Crippen molar-refractivity contribution in [1.82, 2.24) is 9.97 Å². The van der Waals surface area contributed by atoms with E-state index in [9.17, 15) is 4.79 Å². The molecule has 0 radical (unpaired) electrons. The monoisotopic (exact) mass is 400 g/mol. The number of carbonyl (C=O) groups is 1. The van der Waals surface area contributed by atoms with Crippen LogP contribution < -0.4 is 9.80 Å². The molecule has 0 atom stereocenters. The van der Waals surface area contributed by atoms with E-state index in [1.54, 1.807) is 16.7 Å². The van der Waals surface area contributed by atoms with Crippen LogP contribution in [0.4, 0.5) is 11.6 Å². The Balaban J connectivity index is 1.40. The van der Waals surface area contributed by atoms with Gasteiger partial charge in [0.2, 0.25) is 5.91 Å². The first-order chi connectivity index (χ1) is 14.2. The number of hydrogen-bond acceptors (Lipinski definition) is 5. The molecular formula is C23H20N4OS. The zero-order valence-electron chi connectivity index (χ0n) is 16.1. The van der Waals surface area contributed by atoms with Crippen LogP contribution in [-0.2, 0) is 4.79 Å². The van der Waals surface area contributed by atoms with Crippen molar-refractivity contribution in [2.24, 2.45) is 0 Å². The summed E-state index contributed by atoms with van der Waals surface area (Å²) in [5.41, 5.74) is 1.65. The Bertz CT molecular complexity index is 1230. The summed E-state index contributed by atoms with van der Waals surface area (Å²) >= 11 is 1.56. The second kappa shape index (κ2) is 7.37. The van der Waals surface area contributed by atoms with Crippen LogP contribution >= 0.6 is 11.8 Å². The van der Waals surface area contributed by atoms with Gasteiger partial charge in [0.15, 0.2) is 11.6 Å². The average Bonchev–Trinajstić information content (AvgIpc) is 2.76. The van der Waals surface area contributed by atoms with E-state index in [1.165, 1.54) is 10.8 Å². The summed E-state index contributed by atoms with van der Waals surface area (Å²) in [5, 5.41) is 2.39. The van der Waals surface area contributed by atoms with E-state index in [-0.39, 0.29) is 5.91 Å². The number of amides is 1. The fourth-order valence-corrected chi connectivity index (χ4v) is 4.42. The Kier molecular flexibility index (Phi) is 4.56. The number of para-hydroxylation sites is 2. The van der Waals surface area contributed by atoms with Gasteiger partial charge in [0.25, 0.3) is 0 Å². The molecule has 0 fully saturated rings. The van der Waals surface area contributed by atoms with Gasteiger partial charge in [-0.25, -0.2) is 9.97 Å². The van der Waals surface area contributed by atoms with Gasteiger partial charge in [-0.05, 0) is 35.0 Å². The third-order valence-electron chi connectivity index (χ3n) is 5.19. The highest BCUT2D eigenvalue weighted by Crippen LogP contribution is 2.32. The summed E-state index contributed by atoms with van der Waals surface area (Å²) in [6.45, 7) is 1.36. The molecule has 1 aliphatic heterocycles. The third kappa shape index (κ3) is 3.40. The summed E-state index contributed by atoms with van der Waals surface area (Å²) in [6, 6.07) is 22.4. The Hall–Kier alpha value is -3.12. The van der Waals surface area contributed by atoms with Gasteiger partial charge in [0.05, 0.1) is 16.8 Å². The number of rotatable bonds is 3. The molecule has 1 aromatic heterocycles. The van der Waals surface area contributed by atoms with E-state index >= 15 is 0 Å². The van der Waals surface area contributed by atoms with Gasteiger partial charge >= 0.3 is 0 Å². The zero-order valence-corrected chi connectivity index (χ0v) is 16.9. The molecule has 29 heavy (non-hydrogen) atoms. The van der Waals surface area contributed by atoms with Crippen molar-refractivity contribution in [3.05, 3.63) is 66.7 Å². The Morgan fingerprint density at radius 1 is 0.897 bits per heavy atom. The number of carbonyl (C=O) groups excluding carboxylic acids is 1. The highest BCUT2D eigenvalue weighted by atomic mass is 32.2. The first-order valence-corrected chi connectivity index (χ1v) is 10.6. The van der Waals surface area contributed by atoms with Crippen molar-refractivity contribution in [2.75, 3.05) is 35.7 Å². The van der Waals surface area contributed by atoms with Gasteiger partial charge < -0.3 is 4.90 Å². The largest absolute Gasteiger partial charge is 0.355 e. The minimum Gasteiger partial charge on any atom is -0.355 e. The smallest absolute Gasteiger partial charge is 0.238 e. The molecule has 1 aliphatic rings. The van der Waals surface area contributed by atoms with Crippen LogP contribution in [0.3, 0.4) is 0 Å². The molecule has 5 nitrogen and oxygen atoms in total. The van der Waals surface area contributed by atoms with E-state index < -0.39 is 0 Å². The van der Waals surface area contributed by atoms with Crippen molar-refractivity contribution >= 4 is 51.1 Å². The second-order valence-corrected chi connectivity index (χ2v) is 8.17. The Morgan fingerprint density at radius 2 is 1.59 bits per heavy atom. The molecule has 0 bridgehead atoms. The highest BCUT2D eigenvalue weighted by Gasteiger charge is 2.28. The lowest BCUT2D eigenvalue weighted by Crippen LogP contribution is -2.44. The molecule has 1 amide bonds. The number of aromatic nitrogens is 2. The van der Waals surface area contributed by atoms with Crippen molar-refractivity contribution in [2.45, 2.75) is 4.90 Å². The maximum atomic E-state index is 13.1. The summed E-state index contributed by atoms with van der Waals surface area (Å²) in [4.78, 5) is 27.5. The summed E-state index contributed by atoms with van der Waals surface area (Å²) in [6.07, 6.45) is 0. The van der Waals surface area contributed by atoms with Gasteiger partial charge in [0.1, 0.15) is 0 Å². The fraction of sp³-hybridized carbons (Fsp3) is 0.174. The number of anilines is 2. The SMILES string of the molecule is CN1CCN(C(=O)CSc2ccc3ccccc3c2)c2nc3ccccc3nc21. The molecule has 0 saturated heterocycles. The molecule has 6 heteroatoms. The van der Waals surface area contributed by atoms with Crippen LogP contribution in [0, 0.1) is 0 Å². The van der Waals surface area contributed by atoms with Crippen molar-refractivity contribution in [3.63, 3.8) is 0 Å². The van der Waals surface area contributed by atoms with E-state index in [1.807, 2.05) is 43.4 Å². The van der Waals surface area contributed by atoms with Gasteiger partial charge in [0, 0.05) is 25.0 Å². The standard InChI is InChI=1S/C23H20N4OS/c1-26-12-13-27(23-22(26)24-19-8-4-5-9-20(19)25-23)21(28)15-29-18-11-10-16-6-2-3-7-17(16)14-18/h2-11,14H,12-13,15H2,1H3. The quantitative estimate of drug-likeness (QED) is 0.478. The maximum Gasteiger partial charge on any atom is 0.238 e. The molecule has 2 heterocycles. The predicted octanol–water partition coefficient (Wildman–Crippen LogP) is 4.36. The lowest BCUT2D eigenvalue weighted by atomic mass is 10.1. The zero-order chi connectivity index (χ0) is 19.8. The molecule has 4 aromatic rings. The Labute approximate surface area is 173 Å². The van der Waals surface area contributed by atoms with Crippen LogP contribution in [0.25, 0.3) is 21.8 Å². The topological polar surface area (TPSA) is 49.3 Å². The van der Waals surface area contributed by atoms with Crippen LogP contribution in [0.2, 0.25) is 0 Å². The molecule has 0 N–H and O–H groups in total. The minimum atomic E-state index is 0.0575. The van der Waals surface area contributed by atoms with Crippen LogP contribution in [0.1, 0.15) is 0 Å². The second-order valence-electron chi connectivity index (χ2n) is 7.12. The normalized spacial score (nSPS) is 13.7. The lowest BCUT2D eigenvalue weighted by Gasteiger charge is -2.33. The molecule has 0 aliphatic carbocycles. The highest BCUT2D eigenvalue weighted by molar-refractivity contribution is 8.00. The minimum absolute atomic E-state index is 0.0575. The van der Waals surface area contributed by atoms with E-state index in [0.717, 1.165) is 28.3 Å². The molecule has 0 unspecified atom stereocenters. The molecule has 3 aromatic carbocycles. The molecule has 0 saturated carbocycles. The number of thioether (sulfide) groups is 1. The van der Waals surface area contributed by atoms with Gasteiger partial charge in [-0.2, -0.15) is 0 Å². The van der Waals surface area contributed by atoms with Crippen molar-refractivity contribution < 1.29 is 4.79 Å². The molecule has 0 spiro atoms. The number of nitrogens with zero attached hydrogens (tertiary/aromatic N) is 4. The molecular weight excluding hydrogens is 380 g/mol. The van der Waals surface area contributed by atoms with Crippen LogP contribution in [-0.4, -0.2) is 41.8 Å². The average molecular weight is 401 g/mol. The first-order valence-electron chi connectivity index (χ1n) is 9.59.